The molecule has 0 atom stereocenters. The Bertz CT molecular complexity index is 4850. The molecule has 5 heterocycles. The summed E-state index contributed by atoms with van der Waals surface area (Å²) < 4.78 is 17.8. The Morgan fingerprint density at radius 2 is 0.764 bits per heavy atom. The molecule has 7 nitrogen and oxygen atoms in total. The van der Waals surface area contributed by atoms with E-state index in [4.69, 9.17) is 23.8 Å². The summed E-state index contributed by atoms with van der Waals surface area (Å²) in [6, 6.07) is 79.3. The maximum absolute atomic E-state index is 6.74. The third kappa shape index (κ3) is 5.76. The summed E-state index contributed by atoms with van der Waals surface area (Å²) in [6.07, 6.45) is 0. The lowest BCUT2D eigenvalue weighted by Crippen LogP contribution is -2.04. The Morgan fingerprint density at radius 3 is 1.44 bits per heavy atom. The summed E-state index contributed by atoms with van der Waals surface area (Å²) in [6.45, 7) is 0. The second-order valence-corrected chi connectivity index (χ2v) is 18.8. The van der Waals surface area contributed by atoms with E-state index in [0.29, 0.717) is 17.5 Å². The van der Waals surface area contributed by atoms with E-state index >= 15 is 0 Å². The molecule has 0 amide bonds. The van der Waals surface area contributed by atoms with Gasteiger partial charge in [-0.3, -0.25) is 0 Å². The normalized spacial score (nSPS) is 12.2. The van der Waals surface area contributed by atoms with Crippen LogP contribution in [-0.4, -0.2) is 24.1 Å². The molecule has 0 spiro atoms. The van der Waals surface area contributed by atoms with Gasteiger partial charge in [-0.15, -0.1) is 0 Å². The summed E-state index contributed by atoms with van der Waals surface area (Å²) >= 11 is 0. The number of furan rings is 2. The fraction of sp³-hybridized carbons (Fsp3) is 0. The predicted molar refractivity (Wildman–Crippen MR) is 294 cm³/mol. The van der Waals surface area contributed by atoms with Crippen LogP contribution in [0, 0.1) is 0 Å². The van der Waals surface area contributed by atoms with Crippen molar-refractivity contribution in [2.75, 3.05) is 0 Å². The Labute approximate surface area is 410 Å². The highest BCUT2D eigenvalue weighted by Crippen LogP contribution is 2.44. The first-order valence-corrected chi connectivity index (χ1v) is 24.2. The van der Waals surface area contributed by atoms with Crippen molar-refractivity contribution in [3.8, 4) is 45.5 Å². The molecule has 0 saturated carbocycles. The van der Waals surface area contributed by atoms with Crippen molar-refractivity contribution in [1.29, 1.82) is 0 Å². The van der Waals surface area contributed by atoms with Gasteiger partial charge in [-0.25, -0.2) is 15.0 Å². The fourth-order valence-electron chi connectivity index (χ4n) is 11.4. The van der Waals surface area contributed by atoms with Crippen LogP contribution in [-0.2, 0) is 0 Å². The number of benzene rings is 11. The molecule has 0 bridgehead atoms. The molecule has 72 heavy (non-hydrogen) atoms. The minimum absolute atomic E-state index is 0.537. The average Bonchev–Trinajstić information content (AvgIpc) is 4.18. The molecular weight excluding hydrogens is 883 g/mol. The molecular formula is C65H37N5O2. The van der Waals surface area contributed by atoms with Crippen LogP contribution in [0.25, 0.3) is 155 Å². The highest BCUT2D eigenvalue weighted by atomic mass is 16.3. The first-order chi connectivity index (χ1) is 35.6. The Balaban J connectivity index is 1.02. The number of aromatic nitrogens is 5. The third-order valence-electron chi connectivity index (χ3n) is 14.7. The molecule has 0 aliphatic heterocycles. The molecule has 0 aliphatic carbocycles. The van der Waals surface area contributed by atoms with Gasteiger partial charge in [0.25, 0.3) is 0 Å². The summed E-state index contributed by atoms with van der Waals surface area (Å²) in [4.78, 5) is 16.5. The second-order valence-electron chi connectivity index (χ2n) is 18.8. The van der Waals surface area contributed by atoms with Crippen molar-refractivity contribution in [2.45, 2.75) is 0 Å². The zero-order chi connectivity index (χ0) is 47.0. The van der Waals surface area contributed by atoms with Crippen LogP contribution >= 0.6 is 0 Å². The van der Waals surface area contributed by atoms with E-state index in [1.165, 1.54) is 16.2 Å². The molecule has 0 fully saturated rings. The molecule has 334 valence electrons. The molecule has 7 heteroatoms. The van der Waals surface area contributed by atoms with Crippen LogP contribution in [0.5, 0.6) is 0 Å². The summed E-state index contributed by atoms with van der Waals surface area (Å²) in [5, 5.41) is 13.3. The maximum Gasteiger partial charge on any atom is 0.166 e. The summed E-state index contributed by atoms with van der Waals surface area (Å²) in [7, 11) is 0. The zero-order valence-corrected chi connectivity index (χ0v) is 38.4. The lowest BCUT2D eigenvalue weighted by molar-refractivity contribution is 0.668. The Hall–Kier alpha value is -9.85. The molecule has 0 N–H and O–H groups in total. The lowest BCUT2D eigenvalue weighted by atomic mass is 10.0. The molecule has 0 saturated heterocycles. The summed E-state index contributed by atoms with van der Waals surface area (Å²) in [5.74, 6) is 1.64. The first-order valence-electron chi connectivity index (χ1n) is 24.2. The first kappa shape index (κ1) is 39.0. The molecule has 16 aromatic rings. The van der Waals surface area contributed by atoms with Gasteiger partial charge < -0.3 is 18.0 Å². The number of hydrogen-bond acceptors (Lipinski definition) is 5. The second kappa shape index (κ2) is 14.8. The van der Waals surface area contributed by atoms with Crippen LogP contribution in [0.4, 0.5) is 0 Å². The fourth-order valence-corrected chi connectivity index (χ4v) is 11.4. The number of hydrogen-bond donors (Lipinski definition) is 0. The van der Waals surface area contributed by atoms with Crippen LogP contribution in [0.2, 0.25) is 0 Å². The third-order valence-corrected chi connectivity index (χ3v) is 14.7. The van der Waals surface area contributed by atoms with E-state index in [0.717, 1.165) is 121 Å². The molecule has 0 aliphatic rings. The number of nitrogens with zero attached hydrogens (tertiary/aromatic N) is 5. The van der Waals surface area contributed by atoms with E-state index in [9.17, 15) is 0 Å². The Kier molecular flexibility index (Phi) is 8.04. The van der Waals surface area contributed by atoms with Crippen molar-refractivity contribution in [2.24, 2.45) is 0 Å². The van der Waals surface area contributed by atoms with Crippen LogP contribution in [0.3, 0.4) is 0 Å². The Morgan fingerprint density at radius 1 is 0.278 bits per heavy atom. The van der Waals surface area contributed by atoms with Crippen molar-refractivity contribution in [3.05, 3.63) is 224 Å². The molecule has 5 aromatic heterocycles. The molecule has 11 aromatic carbocycles. The average molecular weight is 920 g/mol. The van der Waals surface area contributed by atoms with Gasteiger partial charge in [-0.2, -0.15) is 0 Å². The van der Waals surface area contributed by atoms with E-state index in [2.05, 4.69) is 197 Å². The number of para-hydroxylation sites is 4. The number of fused-ring (bicyclic) bond motifs is 14. The minimum atomic E-state index is 0.537. The van der Waals surface area contributed by atoms with Gasteiger partial charge in [-0.05, 0) is 106 Å². The van der Waals surface area contributed by atoms with Crippen LogP contribution < -0.4 is 0 Å². The van der Waals surface area contributed by atoms with Crippen LogP contribution in [0.15, 0.2) is 233 Å². The molecule has 0 unspecified atom stereocenters. The van der Waals surface area contributed by atoms with Crippen molar-refractivity contribution in [1.82, 2.24) is 24.1 Å². The smallest absolute Gasteiger partial charge is 0.166 e. The van der Waals surface area contributed by atoms with Gasteiger partial charge >= 0.3 is 0 Å². The summed E-state index contributed by atoms with van der Waals surface area (Å²) in [5.41, 5.74) is 12.1. The van der Waals surface area contributed by atoms with Gasteiger partial charge in [-0.1, -0.05) is 133 Å². The minimum Gasteiger partial charge on any atom is -0.456 e. The van der Waals surface area contributed by atoms with Crippen molar-refractivity contribution < 1.29 is 8.83 Å². The maximum atomic E-state index is 6.74. The molecule has 0 radical (unpaired) electrons. The predicted octanol–water partition coefficient (Wildman–Crippen LogP) is 17.2. The topological polar surface area (TPSA) is 74.8 Å². The van der Waals surface area contributed by atoms with E-state index in [1.807, 2.05) is 36.4 Å². The van der Waals surface area contributed by atoms with E-state index in [-0.39, 0.29) is 0 Å². The SMILES string of the molecule is c1ccc(-n2c3ccccc3c3ccc(-c4nc(-c5ccc6oc7ccccc7c6c5)nc(-c5cc6c(cc5-n5c7cc8ccccc8cc7c7cc8ccccc8cc75)oc5ccccc56)n4)cc32)cc1. The van der Waals surface area contributed by atoms with Crippen molar-refractivity contribution >= 4 is 109 Å². The zero-order valence-electron chi connectivity index (χ0n) is 38.4. The van der Waals surface area contributed by atoms with Gasteiger partial charge in [0.1, 0.15) is 22.3 Å². The van der Waals surface area contributed by atoms with Crippen molar-refractivity contribution in [3.63, 3.8) is 0 Å². The monoisotopic (exact) mass is 919 g/mol. The van der Waals surface area contributed by atoms with E-state index in [1.54, 1.807) is 0 Å². The molecule has 16 rings (SSSR count). The quantitative estimate of drug-likeness (QED) is 0.172. The standard InChI is InChI=1S/C65H37N5O2/c1-2-18-44(19-3-1)69-54-23-11-8-20-45(54)46-28-26-43(35-55(46)69)64-66-63(42-27-29-61-51(32-42)47-21-9-12-24-59(47)71-61)67-65(68-64)53-36-52-48-22-10-13-25-60(48)72-62(52)37-58(53)70-56-33-40-16-6-4-14-38(40)30-49(56)50-31-39-15-5-7-17-41(39)34-57(50)70/h1-37H. The van der Waals surface area contributed by atoms with Gasteiger partial charge in [0.05, 0.1) is 27.8 Å². The van der Waals surface area contributed by atoms with Crippen LogP contribution in [0.1, 0.15) is 0 Å². The highest BCUT2D eigenvalue weighted by Gasteiger charge is 2.24. The highest BCUT2D eigenvalue weighted by molar-refractivity contribution is 6.18. The largest absolute Gasteiger partial charge is 0.456 e. The number of rotatable bonds is 5. The lowest BCUT2D eigenvalue weighted by Gasteiger charge is -2.16. The van der Waals surface area contributed by atoms with Gasteiger partial charge in [0.2, 0.25) is 0 Å². The van der Waals surface area contributed by atoms with Gasteiger partial charge in [0, 0.05) is 71.5 Å². The van der Waals surface area contributed by atoms with E-state index < -0.39 is 0 Å². The van der Waals surface area contributed by atoms with Gasteiger partial charge in [0.15, 0.2) is 17.5 Å².